The molecule has 0 bridgehead atoms. The van der Waals surface area contributed by atoms with Crippen LogP contribution in [-0.2, 0) is 0 Å². The van der Waals surface area contributed by atoms with E-state index in [0.29, 0.717) is 0 Å². The Hall–Kier alpha value is -0.0400. The van der Waals surface area contributed by atoms with Gasteiger partial charge in [-0.15, -0.1) is 0 Å². The summed E-state index contributed by atoms with van der Waals surface area (Å²) in [5.41, 5.74) is 0. The Morgan fingerprint density at radius 1 is 1.05 bits per heavy atom. The van der Waals surface area contributed by atoms with E-state index in [-0.39, 0.29) is 0 Å². The lowest BCUT2D eigenvalue weighted by Crippen LogP contribution is -2.38. The molecule has 1 heteroatoms. The summed E-state index contributed by atoms with van der Waals surface area (Å²) in [7, 11) is 0. The van der Waals surface area contributed by atoms with Crippen molar-refractivity contribution in [2.75, 3.05) is 13.1 Å². The van der Waals surface area contributed by atoms with E-state index in [4.69, 9.17) is 0 Å². The van der Waals surface area contributed by atoms with E-state index in [9.17, 15) is 0 Å². The van der Waals surface area contributed by atoms with Crippen LogP contribution in [0.25, 0.3) is 0 Å². The van der Waals surface area contributed by atoms with Crippen LogP contribution in [0.5, 0.6) is 0 Å². The first-order valence-electron chi connectivity index (χ1n) is 8.66. The van der Waals surface area contributed by atoms with Gasteiger partial charge in [0, 0.05) is 0 Å². The second-order valence-electron chi connectivity index (χ2n) is 7.68. The van der Waals surface area contributed by atoms with Crippen molar-refractivity contribution in [3.8, 4) is 0 Å². The van der Waals surface area contributed by atoms with Gasteiger partial charge in [0.25, 0.3) is 0 Å². The predicted molar refractivity (Wildman–Crippen MR) is 86.3 cm³/mol. The molecular weight excluding hydrogens is 230 g/mol. The van der Waals surface area contributed by atoms with Crippen LogP contribution in [0.4, 0.5) is 0 Å². The predicted octanol–water partition coefficient (Wildman–Crippen LogP) is 4.97. The topological polar surface area (TPSA) is 12.0 Å². The standard InChI is InChI=1S/C18H37N/c1-7-15(6)18-10-16(14(4)5)8-9-17(18)12-19-11-13(2)3/h13-19H,7-12H2,1-6H3. The Morgan fingerprint density at radius 2 is 1.74 bits per heavy atom. The smallest absolute Gasteiger partial charge is 0.00177 e. The molecule has 1 aliphatic rings. The maximum Gasteiger partial charge on any atom is -0.00177 e. The first-order chi connectivity index (χ1) is 8.95. The molecule has 1 N–H and O–H groups in total. The van der Waals surface area contributed by atoms with E-state index in [1.54, 1.807) is 0 Å². The lowest BCUT2D eigenvalue weighted by atomic mass is 9.66. The summed E-state index contributed by atoms with van der Waals surface area (Å²) < 4.78 is 0. The molecule has 19 heavy (non-hydrogen) atoms. The van der Waals surface area contributed by atoms with E-state index < -0.39 is 0 Å². The van der Waals surface area contributed by atoms with Crippen molar-refractivity contribution in [1.82, 2.24) is 5.32 Å². The van der Waals surface area contributed by atoms with Gasteiger partial charge in [-0.3, -0.25) is 0 Å². The third kappa shape index (κ3) is 5.45. The van der Waals surface area contributed by atoms with Gasteiger partial charge in [-0.25, -0.2) is 0 Å². The van der Waals surface area contributed by atoms with Crippen molar-refractivity contribution >= 4 is 0 Å². The fourth-order valence-corrected chi connectivity index (χ4v) is 3.72. The summed E-state index contributed by atoms with van der Waals surface area (Å²) >= 11 is 0. The largest absolute Gasteiger partial charge is 0.316 e. The minimum atomic E-state index is 0.772. The van der Waals surface area contributed by atoms with E-state index in [0.717, 1.165) is 35.5 Å². The van der Waals surface area contributed by atoms with Gasteiger partial charge < -0.3 is 5.32 Å². The second-order valence-corrected chi connectivity index (χ2v) is 7.68. The van der Waals surface area contributed by atoms with Gasteiger partial charge in [-0.05, 0) is 67.9 Å². The molecule has 1 nitrogen and oxygen atoms in total. The van der Waals surface area contributed by atoms with Crippen LogP contribution in [0.3, 0.4) is 0 Å². The molecular formula is C18H37N. The Morgan fingerprint density at radius 3 is 2.26 bits per heavy atom. The maximum absolute atomic E-state index is 3.71. The van der Waals surface area contributed by atoms with Crippen molar-refractivity contribution in [1.29, 1.82) is 0 Å². The quantitative estimate of drug-likeness (QED) is 0.687. The molecule has 0 radical (unpaired) electrons. The average Bonchev–Trinajstić information content (AvgIpc) is 2.37. The van der Waals surface area contributed by atoms with Gasteiger partial charge in [-0.2, -0.15) is 0 Å². The van der Waals surface area contributed by atoms with Crippen molar-refractivity contribution in [2.45, 2.75) is 67.2 Å². The van der Waals surface area contributed by atoms with Crippen LogP contribution in [0.1, 0.15) is 67.2 Å². The zero-order valence-electron chi connectivity index (χ0n) is 14.2. The Balaban J connectivity index is 2.53. The van der Waals surface area contributed by atoms with E-state index in [1.807, 2.05) is 0 Å². The summed E-state index contributed by atoms with van der Waals surface area (Å²) in [5, 5.41) is 3.71. The van der Waals surface area contributed by atoms with Gasteiger partial charge >= 0.3 is 0 Å². The molecule has 0 aromatic carbocycles. The second kappa shape index (κ2) is 8.29. The normalized spacial score (nSPS) is 30.0. The van der Waals surface area contributed by atoms with Gasteiger partial charge in [0.2, 0.25) is 0 Å². The third-order valence-corrected chi connectivity index (χ3v) is 5.37. The molecule has 0 saturated heterocycles. The summed E-state index contributed by atoms with van der Waals surface area (Å²) in [6.07, 6.45) is 5.72. The van der Waals surface area contributed by atoms with E-state index >= 15 is 0 Å². The fraction of sp³-hybridized carbons (Fsp3) is 1.00. The average molecular weight is 268 g/mol. The van der Waals surface area contributed by atoms with Crippen molar-refractivity contribution in [2.24, 2.45) is 35.5 Å². The summed E-state index contributed by atoms with van der Waals surface area (Å²) in [4.78, 5) is 0. The number of nitrogens with one attached hydrogen (secondary N) is 1. The van der Waals surface area contributed by atoms with Crippen LogP contribution >= 0.6 is 0 Å². The van der Waals surface area contributed by atoms with Crippen LogP contribution in [0.15, 0.2) is 0 Å². The zero-order chi connectivity index (χ0) is 14.4. The number of hydrogen-bond acceptors (Lipinski definition) is 1. The van der Waals surface area contributed by atoms with Crippen molar-refractivity contribution in [3.63, 3.8) is 0 Å². The number of rotatable bonds is 7. The third-order valence-electron chi connectivity index (χ3n) is 5.37. The van der Waals surface area contributed by atoms with Gasteiger partial charge in [0.05, 0.1) is 0 Å². The summed E-state index contributed by atoms with van der Waals surface area (Å²) in [5.74, 6) is 5.38. The molecule has 1 fully saturated rings. The van der Waals surface area contributed by atoms with Crippen molar-refractivity contribution < 1.29 is 0 Å². The Labute approximate surface area is 121 Å². The molecule has 0 aromatic rings. The molecule has 1 saturated carbocycles. The van der Waals surface area contributed by atoms with Crippen LogP contribution < -0.4 is 5.32 Å². The Bertz CT molecular complexity index is 232. The highest BCUT2D eigenvalue weighted by atomic mass is 14.9. The highest BCUT2D eigenvalue weighted by Gasteiger charge is 2.33. The molecule has 0 amide bonds. The monoisotopic (exact) mass is 267 g/mol. The molecule has 4 unspecified atom stereocenters. The highest BCUT2D eigenvalue weighted by molar-refractivity contribution is 4.85. The van der Waals surface area contributed by atoms with Gasteiger partial charge in [-0.1, -0.05) is 48.0 Å². The van der Waals surface area contributed by atoms with Crippen LogP contribution in [0.2, 0.25) is 0 Å². The first kappa shape index (κ1) is 17.0. The molecule has 0 aromatic heterocycles. The zero-order valence-corrected chi connectivity index (χ0v) is 14.2. The van der Waals surface area contributed by atoms with E-state index in [1.165, 1.54) is 38.8 Å². The molecule has 1 rings (SSSR count). The first-order valence-corrected chi connectivity index (χ1v) is 8.66. The fourth-order valence-electron chi connectivity index (χ4n) is 3.72. The minimum absolute atomic E-state index is 0.772. The molecule has 1 aliphatic carbocycles. The minimum Gasteiger partial charge on any atom is -0.316 e. The highest BCUT2D eigenvalue weighted by Crippen LogP contribution is 2.41. The van der Waals surface area contributed by atoms with Gasteiger partial charge in [0.15, 0.2) is 0 Å². The van der Waals surface area contributed by atoms with E-state index in [2.05, 4.69) is 46.9 Å². The summed E-state index contributed by atoms with van der Waals surface area (Å²) in [6, 6.07) is 0. The van der Waals surface area contributed by atoms with Crippen LogP contribution in [-0.4, -0.2) is 13.1 Å². The molecule has 114 valence electrons. The Kier molecular flexibility index (Phi) is 7.42. The van der Waals surface area contributed by atoms with Crippen LogP contribution in [0, 0.1) is 35.5 Å². The van der Waals surface area contributed by atoms with Crippen molar-refractivity contribution in [3.05, 3.63) is 0 Å². The molecule has 0 spiro atoms. The maximum atomic E-state index is 3.71. The SMILES string of the molecule is CCC(C)C1CC(C(C)C)CCC1CNCC(C)C. The lowest BCUT2D eigenvalue weighted by Gasteiger charge is -2.41. The number of hydrogen-bond donors (Lipinski definition) is 1. The summed E-state index contributed by atoms with van der Waals surface area (Å²) in [6.45, 7) is 16.7. The molecule has 4 atom stereocenters. The molecule has 0 heterocycles. The lowest BCUT2D eigenvalue weighted by molar-refractivity contribution is 0.101. The molecule has 0 aliphatic heterocycles. The van der Waals surface area contributed by atoms with Gasteiger partial charge in [0.1, 0.15) is 0 Å².